The predicted octanol–water partition coefficient (Wildman–Crippen LogP) is 2.20. The highest BCUT2D eigenvalue weighted by atomic mass is 16.5. The Morgan fingerprint density at radius 3 is 2.86 bits per heavy atom. The molecule has 1 aliphatic rings. The van der Waals surface area contributed by atoms with Crippen molar-refractivity contribution in [3.8, 4) is 5.75 Å². The Kier molecular flexibility index (Phi) is 7.00. The second kappa shape index (κ2) is 9.03. The van der Waals surface area contributed by atoms with Crippen LogP contribution in [-0.4, -0.2) is 46.6 Å². The van der Waals surface area contributed by atoms with E-state index in [1.165, 1.54) is 17.5 Å². The van der Waals surface area contributed by atoms with Gasteiger partial charge in [0.25, 0.3) is 0 Å². The molecule has 1 unspecified atom stereocenters. The summed E-state index contributed by atoms with van der Waals surface area (Å²) in [4.78, 5) is 0. The Labute approximate surface area is 127 Å². The van der Waals surface area contributed by atoms with Gasteiger partial charge in [-0.2, -0.15) is 0 Å². The van der Waals surface area contributed by atoms with E-state index < -0.39 is 0 Å². The van der Waals surface area contributed by atoms with E-state index in [1.807, 2.05) is 0 Å². The average Bonchev–Trinajstić information content (AvgIpc) is 2.53. The molecule has 1 atom stereocenters. The molecule has 2 rings (SSSR count). The summed E-state index contributed by atoms with van der Waals surface area (Å²) < 4.78 is 15.7. The van der Waals surface area contributed by atoms with Gasteiger partial charge >= 0.3 is 0 Å². The summed E-state index contributed by atoms with van der Waals surface area (Å²) in [5.41, 5.74) is 2.89. The molecule has 4 nitrogen and oxygen atoms in total. The molecule has 4 heteroatoms. The molecule has 1 aromatic carbocycles. The van der Waals surface area contributed by atoms with E-state index >= 15 is 0 Å². The van der Waals surface area contributed by atoms with Crippen molar-refractivity contribution >= 4 is 0 Å². The zero-order chi connectivity index (χ0) is 14.9. The SMILES string of the molecule is COCCOCCCNC1CCc2ccc(OC)cc2C1. The minimum atomic E-state index is 0.573. The van der Waals surface area contributed by atoms with Crippen molar-refractivity contribution in [2.45, 2.75) is 31.7 Å². The predicted molar refractivity (Wildman–Crippen MR) is 84.1 cm³/mol. The van der Waals surface area contributed by atoms with Crippen LogP contribution in [0.4, 0.5) is 0 Å². The van der Waals surface area contributed by atoms with Gasteiger partial charge in [-0.1, -0.05) is 6.07 Å². The summed E-state index contributed by atoms with van der Waals surface area (Å²) in [6.07, 6.45) is 4.51. The van der Waals surface area contributed by atoms with Gasteiger partial charge in [0.05, 0.1) is 20.3 Å². The summed E-state index contributed by atoms with van der Waals surface area (Å²) in [6.45, 7) is 3.17. The molecule has 0 radical (unpaired) electrons. The minimum absolute atomic E-state index is 0.573. The maximum atomic E-state index is 5.47. The highest BCUT2D eigenvalue weighted by Gasteiger charge is 2.18. The van der Waals surface area contributed by atoms with Crippen LogP contribution in [0, 0.1) is 0 Å². The highest BCUT2D eigenvalue weighted by molar-refractivity contribution is 5.37. The Hall–Kier alpha value is -1.10. The second-order valence-corrected chi connectivity index (χ2v) is 5.49. The van der Waals surface area contributed by atoms with Crippen molar-refractivity contribution in [3.63, 3.8) is 0 Å². The van der Waals surface area contributed by atoms with Gasteiger partial charge < -0.3 is 19.5 Å². The van der Waals surface area contributed by atoms with Crippen molar-refractivity contribution in [2.75, 3.05) is 40.6 Å². The van der Waals surface area contributed by atoms with Crippen LogP contribution in [0.2, 0.25) is 0 Å². The maximum absolute atomic E-state index is 5.47. The smallest absolute Gasteiger partial charge is 0.119 e. The summed E-state index contributed by atoms with van der Waals surface area (Å²) in [5.74, 6) is 0.959. The molecule has 0 saturated heterocycles. The molecule has 0 amide bonds. The van der Waals surface area contributed by atoms with Crippen molar-refractivity contribution in [2.24, 2.45) is 0 Å². The van der Waals surface area contributed by atoms with Gasteiger partial charge in [-0.15, -0.1) is 0 Å². The lowest BCUT2D eigenvalue weighted by molar-refractivity contribution is 0.0692. The van der Waals surface area contributed by atoms with Crippen LogP contribution in [0.1, 0.15) is 24.0 Å². The number of fused-ring (bicyclic) bond motifs is 1. The molecule has 0 fully saturated rings. The van der Waals surface area contributed by atoms with Crippen molar-refractivity contribution in [3.05, 3.63) is 29.3 Å². The molecule has 0 bridgehead atoms. The van der Waals surface area contributed by atoms with Gasteiger partial charge in [-0.05, 0) is 55.5 Å². The second-order valence-electron chi connectivity index (χ2n) is 5.49. The topological polar surface area (TPSA) is 39.7 Å². The summed E-state index contributed by atoms with van der Waals surface area (Å²) in [5, 5.41) is 3.64. The van der Waals surface area contributed by atoms with Crippen LogP contribution in [-0.2, 0) is 22.3 Å². The molecular weight excluding hydrogens is 266 g/mol. The van der Waals surface area contributed by atoms with E-state index in [1.54, 1.807) is 14.2 Å². The third kappa shape index (κ3) is 5.30. The molecule has 0 spiro atoms. The molecule has 118 valence electrons. The lowest BCUT2D eigenvalue weighted by Crippen LogP contribution is -2.35. The first-order chi connectivity index (χ1) is 10.3. The zero-order valence-corrected chi connectivity index (χ0v) is 13.2. The van der Waals surface area contributed by atoms with Crippen LogP contribution < -0.4 is 10.1 Å². The summed E-state index contributed by atoms with van der Waals surface area (Å²) >= 11 is 0. The normalized spacial score (nSPS) is 17.5. The van der Waals surface area contributed by atoms with E-state index in [-0.39, 0.29) is 0 Å². The number of benzene rings is 1. The number of ether oxygens (including phenoxy) is 3. The van der Waals surface area contributed by atoms with Gasteiger partial charge in [-0.25, -0.2) is 0 Å². The lowest BCUT2D eigenvalue weighted by Gasteiger charge is -2.26. The van der Waals surface area contributed by atoms with E-state index in [4.69, 9.17) is 14.2 Å². The van der Waals surface area contributed by atoms with E-state index in [9.17, 15) is 0 Å². The first kappa shape index (κ1) is 16.3. The molecule has 1 N–H and O–H groups in total. The quantitative estimate of drug-likeness (QED) is 0.709. The highest BCUT2D eigenvalue weighted by Crippen LogP contribution is 2.25. The Morgan fingerprint density at radius 1 is 1.14 bits per heavy atom. The molecule has 0 saturated carbocycles. The Bertz CT molecular complexity index is 422. The van der Waals surface area contributed by atoms with Gasteiger partial charge in [0, 0.05) is 19.8 Å². The third-order valence-corrected chi connectivity index (χ3v) is 3.97. The summed E-state index contributed by atoms with van der Waals surface area (Å²) in [7, 11) is 3.42. The number of hydrogen-bond acceptors (Lipinski definition) is 4. The van der Waals surface area contributed by atoms with Crippen LogP contribution in [0.5, 0.6) is 5.75 Å². The van der Waals surface area contributed by atoms with Crippen molar-refractivity contribution in [1.29, 1.82) is 0 Å². The van der Waals surface area contributed by atoms with Gasteiger partial charge in [0.2, 0.25) is 0 Å². The molecule has 0 aliphatic heterocycles. The standard InChI is InChI=1S/C17H27NO3/c1-19-10-11-21-9-3-8-18-16-6-4-14-5-7-17(20-2)13-15(14)12-16/h5,7,13,16,18H,3-4,6,8-12H2,1-2H3. The maximum Gasteiger partial charge on any atom is 0.119 e. The molecule has 1 aromatic rings. The fourth-order valence-corrected chi connectivity index (χ4v) is 2.76. The first-order valence-corrected chi connectivity index (χ1v) is 7.79. The van der Waals surface area contributed by atoms with E-state index in [0.717, 1.165) is 38.2 Å². The van der Waals surface area contributed by atoms with Gasteiger partial charge in [0.15, 0.2) is 0 Å². The Morgan fingerprint density at radius 2 is 2.05 bits per heavy atom. The molecular formula is C17H27NO3. The van der Waals surface area contributed by atoms with Crippen LogP contribution in [0.25, 0.3) is 0 Å². The van der Waals surface area contributed by atoms with Gasteiger partial charge in [-0.3, -0.25) is 0 Å². The number of nitrogens with one attached hydrogen (secondary N) is 1. The summed E-state index contributed by atoms with van der Waals surface area (Å²) in [6, 6.07) is 7.01. The monoisotopic (exact) mass is 293 g/mol. The zero-order valence-electron chi connectivity index (χ0n) is 13.2. The lowest BCUT2D eigenvalue weighted by atomic mass is 9.88. The number of hydrogen-bond donors (Lipinski definition) is 1. The van der Waals surface area contributed by atoms with Crippen LogP contribution in [0.3, 0.4) is 0 Å². The number of rotatable bonds is 9. The third-order valence-electron chi connectivity index (χ3n) is 3.97. The largest absolute Gasteiger partial charge is 0.497 e. The van der Waals surface area contributed by atoms with E-state index in [2.05, 4.69) is 23.5 Å². The fourth-order valence-electron chi connectivity index (χ4n) is 2.76. The Balaban J connectivity index is 1.67. The van der Waals surface area contributed by atoms with Gasteiger partial charge in [0.1, 0.15) is 5.75 Å². The van der Waals surface area contributed by atoms with E-state index in [0.29, 0.717) is 19.3 Å². The molecule has 1 aliphatic carbocycles. The average molecular weight is 293 g/mol. The van der Waals surface area contributed by atoms with Crippen LogP contribution in [0.15, 0.2) is 18.2 Å². The molecule has 0 aromatic heterocycles. The number of aryl methyl sites for hydroxylation is 1. The van der Waals surface area contributed by atoms with Crippen molar-refractivity contribution in [1.82, 2.24) is 5.32 Å². The number of methoxy groups -OCH3 is 2. The van der Waals surface area contributed by atoms with Crippen molar-refractivity contribution < 1.29 is 14.2 Å². The first-order valence-electron chi connectivity index (χ1n) is 7.79. The fraction of sp³-hybridized carbons (Fsp3) is 0.647. The molecule has 21 heavy (non-hydrogen) atoms. The minimum Gasteiger partial charge on any atom is -0.497 e. The van der Waals surface area contributed by atoms with Crippen LogP contribution >= 0.6 is 0 Å². The molecule has 0 heterocycles.